The molecule has 88 valence electrons. The Morgan fingerprint density at radius 2 is 2.31 bits per heavy atom. The van der Waals surface area contributed by atoms with Gasteiger partial charge in [0.05, 0.1) is 0 Å². The van der Waals surface area contributed by atoms with Crippen LogP contribution in [-0.2, 0) is 6.54 Å². The second-order valence-corrected chi connectivity index (χ2v) is 5.07. The Hall–Kier alpha value is -0.800. The van der Waals surface area contributed by atoms with Crippen LogP contribution >= 0.6 is 0 Å². The summed E-state index contributed by atoms with van der Waals surface area (Å²) in [7, 11) is 0. The molecular formula is C13H21N3. The number of aromatic nitrogens is 1. The van der Waals surface area contributed by atoms with Crippen molar-refractivity contribution in [2.24, 2.45) is 0 Å². The van der Waals surface area contributed by atoms with Crippen LogP contribution in [0.2, 0.25) is 0 Å². The van der Waals surface area contributed by atoms with Gasteiger partial charge in [-0.1, -0.05) is 6.42 Å². The number of hydrogen-bond acceptors (Lipinski definition) is 2. The number of nitrogens with one attached hydrogen (secondary N) is 2. The number of aromatic amines is 1. The largest absolute Gasteiger partial charge is 0.364 e. The molecule has 0 radical (unpaired) electrons. The minimum absolute atomic E-state index is 0.712. The van der Waals surface area contributed by atoms with Gasteiger partial charge < -0.3 is 10.3 Å². The first-order valence-corrected chi connectivity index (χ1v) is 6.53. The maximum atomic E-state index is 3.71. The van der Waals surface area contributed by atoms with E-state index in [2.05, 4.69) is 27.3 Å². The van der Waals surface area contributed by atoms with E-state index in [-0.39, 0.29) is 0 Å². The lowest BCUT2D eigenvalue weighted by Crippen LogP contribution is -2.44. The van der Waals surface area contributed by atoms with Gasteiger partial charge in [0.1, 0.15) is 0 Å². The number of H-pyrrole nitrogens is 1. The Morgan fingerprint density at radius 1 is 1.31 bits per heavy atom. The van der Waals surface area contributed by atoms with Gasteiger partial charge in [-0.05, 0) is 37.9 Å². The molecule has 3 heteroatoms. The monoisotopic (exact) mass is 219 g/mol. The number of piperidine rings is 1. The topological polar surface area (TPSA) is 31.1 Å². The minimum Gasteiger partial charge on any atom is -0.364 e. The van der Waals surface area contributed by atoms with E-state index < -0.39 is 0 Å². The molecule has 1 aromatic heterocycles. The van der Waals surface area contributed by atoms with Gasteiger partial charge in [-0.2, -0.15) is 0 Å². The van der Waals surface area contributed by atoms with E-state index in [0.29, 0.717) is 6.04 Å². The highest BCUT2D eigenvalue weighted by Crippen LogP contribution is 2.27. The summed E-state index contributed by atoms with van der Waals surface area (Å²) in [5, 5.41) is 3.71. The highest BCUT2D eigenvalue weighted by Gasteiger charge is 2.34. The molecule has 2 atom stereocenters. The van der Waals surface area contributed by atoms with Crippen LogP contribution in [0.4, 0.5) is 0 Å². The Bertz CT molecular complexity index is 320. The zero-order valence-electron chi connectivity index (χ0n) is 9.78. The molecule has 0 aliphatic carbocycles. The van der Waals surface area contributed by atoms with E-state index in [4.69, 9.17) is 0 Å². The molecule has 0 saturated carbocycles. The fourth-order valence-corrected chi connectivity index (χ4v) is 3.20. The van der Waals surface area contributed by atoms with Crippen LogP contribution in [0.1, 0.15) is 31.4 Å². The zero-order chi connectivity index (χ0) is 10.8. The first-order chi connectivity index (χ1) is 7.93. The number of hydrogen-bond donors (Lipinski definition) is 2. The van der Waals surface area contributed by atoms with E-state index in [0.717, 1.165) is 12.6 Å². The minimum atomic E-state index is 0.712. The Balaban J connectivity index is 1.55. The van der Waals surface area contributed by atoms with Gasteiger partial charge in [-0.25, -0.2) is 0 Å². The maximum Gasteiger partial charge on any atom is 0.0360 e. The molecule has 2 saturated heterocycles. The Morgan fingerprint density at radius 3 is 3.19 bits per heavy atom. The SMILES string of the molecule is c1c[nH]c(CNC2CCN3CCCCC23)c1. The molecule has 0 bridgehead atoms. The van der Waals surface area contributed by atoms with E-state index in [1.54, 1.807) is 0 Å². The summed E-state index contributed by atoms with van der Waals surface area (Å²) >= 11 is 0. The van der Waals surface area contributed by atoms with E-state index in [9.17, 15) is 0 Å². The van der Waals surface area contributed by atoms with Crippen LogP contribution in [0.5, 0.6) is 0 Å². The molecule has 2 aliphatic rings. The van der Waals surface area contributed by atoms with Crippen molar-refractivity contribution in [2.75, 3.05) is 13.1 Å². The predicted octanol–water partition coefficient (Wildman–Crippen LogP) is 1.73. The van der Waals surface area contributed by atoms with Crippen molar-refractivity contribution >= 4 is 0 Å². The van der Waals surface area contributed by atoms with Gasteiger partial charge in [-0.15, -0.1) is 0 Å². The lowest BCUT2D eigenvalue weighted by molar-refractivity contribution is 0.180. The molecule has 2 N–H and O–H groups in total. The second kappa shape index (κ2) is 4.60. The number of fused-ring (bicyclic) bond motifs is 1. The maximum absolute atomic E-state index is 3.71. The molecule has 2 unspecified atom stereocenters. The van der Waals surface area contributed by atoms with Crippen molar-refractivity contribution in [3.8, 4) is 0 Å². The normalized spacial score (nSPS) is 30.5. The van der Waals surface area contributed by atoms with Gasteiger partial charge in [0.2, 0.25) is 0 Å². The zero-order valence-corrected chi connectivity index (χ0v) is 9.78. The highest BCUT2D eigenvalue weighted by atomic mass is 15.2. The molecular weight excluding hydrogens is 198 g/mol. The summed E-state index contributed by atoms with van der Waals surface area (Å²) in [6.45, 7) is 3.61. The third-order valence-corrected chi connectivity index (χ3v) is 4.07. The van der Waals surface area contributed by atoms with Crippen molar-refractivity contribution in [1.29, 1.82) is 0 Å². The molecule has 0 aromatic carbocycles. The predicted molar refractivity (Wildman–Crippen MR) is 65.2 cm³/mol. The third kappa shape index (κ3) is 2.02. The molecule has 3 nitrogen and oxygen atoms in total. The van der Waals surface area contributed by atoms with Crippen molar-refractivity contribution in [1.82, 2.24) is 15.2 Å². The summed E-state index contributed by atoms with van der Waals surface area (Å²) < 4.78 is 0. The number of nitrogens with zero attached hydrogens (tertiary/aromatic N) is 1. The van der Waals surface area contributed by atoms with Gasteiger partial charge >= 0.3 is 0 Å². The second-order valence-electron chi connectivity index (χ2n) is 5.07. The summed E-state index contributed by atoms with van der Waals surface area (Å²) in [6, 6.07) is 5.74. The standard InChI is InChI=1S/C13H21N3/c1-2-8-16-9-6-12(13(16)5-1)15-10-11-4-3-7-14-11/h3-4,7,12-15H,1-2,5-6,8-10H2. The summed E-state index contributed by atoms with van der Waals surface area (Å²) in [4.78, 5) is 5.93. The van der Waals surface area contributed by atoms with Crippen molar-refractivity contribution < 1.29 is 0 Å². The van der Waals surface area contributed by atoms with Gasteiger partial charge in [0.15, 0.2) is 0 Å². The molecule has 0 amide bonds. The van der Waals surface area contributed by atoms with Gasteiger partial charge in [0.25, 0.3) is 0 Å². The van der Waals surface area contributed by atoms with Crippen LogP contribution in [-0.4, -0.2) is 35.1 Å². The van der Waals surface area contributed by atoms with Crippen molar-refractivity contribution in [2.45, 2.75) is 44.3 Å². The molecule has 2 fully saturated rings. The van der Waals surface area contributed by atoms with E-state index >= 15 is 0 Å². The third-order valence-electron chi connectivity index (χ3n) is 4.07. The van der Waals surface area contributed by atoms with E-state index in [1.165, 1.54) is 44.5 Å². The quantitative estimate of drug-likeness (QED) is 0.811. The number of rotatable bonds is 3. The average molecular weight is 219 g/mol. The van der Waals surface area contributed by atoms with Crippen LogP contribution in [0.15, 0.2) is 18.3 Å². The van der Waals surface area contributed by atoms with Crippen LogP contribution in [0.25, 0.3) is 0 Å². The fourth-order valence-electron chi connectivity index (χ4n) is 3.20. The summed E-state index contributed by atoms with van der Waals surface area (Å²) in [6.07, 6.45) is 7.54. The molecule has 1 aromatic rings. The average Bonchev–Trinajstić information content (AvgIpc) is 2.96. The van der Waals surface area contributed by atoms with Gasteiger partial charge in [-0.3, -0.25) is 4.90 Å². The van der Waals surface area contributed by atoms with E-state index in [1.807, 2.05) is 6.20 Å². The Labute approximate surface area is 97.2 Å². The molecule has 0 spiro atoms. The van der Waals surface area contributed by atoms with Crippen molar-refractivity contribution in [3.05, 3.63) is 24.0 Å². The fraction of sp³-hybridized carbons (Fsp3) is 0.692. The molecule has 3 heterocycles. The van der Waals surface area contributed by atoms with Crippen LogP contribution in [0, 0.1) is 0 Å². The lowest BCUT2D eigenvalue weighted by Gasteiger charge is -2.32. The Kier molecular flexibility index (Phi) is 2.98. The molecule has 2 aliphatic heterocycles. The first kappa shape index (κ1) is 10.4. The first-order valence-electron chi connectivity index (χ1n) is 6.53. The van der Waals surface area contributed by atoms with Crippen LogP contribution < -0.4 is 5.32 Å². The van der Waals surface area contributed by atoms with Crippen LogP contribution in [0.3, 0.4) is 0 Å². The molecule has 3 rings (SSSR count). The molecule has 16 heavy (non-hydrogen) atoms. The summed E-state index contributed by atoms with van der Waals surface area (Å²) in [5.41, 5.74) is 1.30. The highest BCUT2D eigenvalue weighted by molar-refractivity contribution is 5.04. The smallest absolute Gasteiger partial charge is 0.0360 e. The van der Waals surface area contributed by atoms with Gasteiger partial charge in [0, 0.05) is 37.1 Å². The lowest BCUT2D eigenvalue weighted by atomic mass is 9.99. The summed E-state index contributed by atoms with van der Waals surface area (Å²) in [5.74, 6) is 0. The van der Waals surface area contributed by atoms with Crippen molar-refractivity contribution in [3.63, 3.8) is 0 Å².